The number of rotatable bonds is 3. The topological polar surface area (TPSA) is 59.0 Å². The Morgan fingerprint density at radius 3 is 2.39 bits per heavy atom. The lowest BCUT2D eigenvalue weighted by molar-refractivity contribution is 0.480. The van der Waals surface area contributed by atoms with Crippen molar-refractivity contribution in [1.82, 2.24) is 0 Å². The van der Waals surface area contributed by atoms with Crippen LogP contribution < -0.4 is 10.5 Å². The molecule has 0 aliphatic rings. The molecule has 0 heterocycles. The van der Waals surface area contributed by atoms with Crippen molar-refractivity contribution >= 4 is 0 Å². The van der Waals surface area contributed by atoms with Crippen LogP contribution in [0.5, 0.6) is 11.5 Å². The zero-order valence-electron chi connectivity index (χ0n) is 10.1. The van der Waals surface area contributed by atoms with E-state index in [-0.39, 0.29) is 6.04 Å². The van der Waals surface area contributed by atoms with Gasteiger partial charge in [0.15, 0.2) is 0 Å². The average molecular weight is 238 g/mol. The van der Waals surface area contributed by atoms with E-state index < -0.39 is 0 Å². The molecule has 2 rings (SSSR count). The number of hydrogen-bond acceptors (Lipinski definition) is 3. The summed E-state index contributed by atoms with van der Waals surface area (Å²) >= 11 is 0. The molecule has 0 saturated heterocycles. The largest absolute Gasteiger partial charge is 0.456 e. The van der Waals surface area contributed by atoms with Crippen molar-refractivity contribution in [1.29, 1.82) is 5.26 Å². The van der Waals surface area contributed by atoms with Crippen molar-refractivity contribution in [2.75, 3.05) is 0 Å². The van der Waals surface area contributed by atoms with Crippen molar-refractivity contribution in [2.45, 2.75) is 13.0 Å². The Balaban J connectivity index is 2.22. The fraction of sp³-hybridized carbons (Fsp3) is 0.133. The maximum Gasteiger partial charge on any atom is 0.145 e. The maximum absolute atomic E-state index is 8.97. The Bertz CT molecular complexity index is 568. The standard InChI is InChI=1S/C15H14N2O/c1-11(17)12-6-8-14(9-7-12)18-15-5-3-2-4-13(15)10-16/h2-9,11H,17H2,1H3/t11-/m0/s1. The van der Waals surface area contributed by atoms with Crippen molar-refractivity contribution in [3.63, 3.8) is 0 Å². The summed E-state index contributed by atoms with van der Waals surface area (Å²) in [4.78, 5) is 0. The molecule has 0 aliphatic carbocycles. The minimum absolute atomic E-state index is 0.00504. The Morgan fingerprint density at radius 1 is 1.11 bits per heavy atom. The highest BCUT2D eigenvalue weighted by Crippen LogP contribution is 2.25. The monoisotopic (exact) mass is 238 g/mol. The van der Waals surface area contributed by atoms with Crippen molar-refractivity contribution in [3.8, 4) is 17.6 Å². The minimum Gasteiger partial charge on any atom is -0.456 e. The lowest BCUT2D eigenvalue weighted by Crippen LogP contribution is -2.04. The van der Waals surface area contributed by atoms with Gasteiger partial charge in [0.1, 0.15) is 17.6 Å². The molecule has 18 heavy (non-hydrogen) atoms. The maximum atomic E-state index is 8.97. The van der Waals surface area contributed by atoms with Gasteiger partial charge in [0, 0.05) is 6.04 Å². The highest BCUT2D eigenvalue weighted by molar-refractivity contribution is 5.45. The van der Waals surface area contributed by atoms with Crippen LogP contribution in [0.25, 0.3) is 0 Å². The van der Waals surface area contributed by atoms with E-state index in [1.54, 1.807) is 12.1 Å². The number of nitrogens with two attached hydrogens (primary N) is 1. The second-order valence-electron chi connectivity index (χ2n) is 4.07. The summed E-state index contributed by atoms with van der Waals surface area (Å²) in [6, 6.07) is 16.8. The van der Waals surface area contributed by atoms with E-state index in [0.29, 0.717) is 17.1 Å². The summed E-state index contributed by atoms with van der Waals surface area (Å²) in [6.07, 6.45) is 0. The van der Waals surface area contributed by atoms with E-state index in [4.69, 9.17) is 15.7 Å². The van der Waals surface area contributed by atoms with Crippen LogP contribution in [0.3, 0.4) is 0 Å². The first-order valence-electron chi connectivity index (χ1n) is 5.73. The first-order chi connectivity index (χ1) is 8.70. The van der Waals surface area contributed by atoms with E-state index in [0.717, 1.165) is 5.56 Å². The van der Waals surface area contributed by atoms with E-state index >= 15 is 0 Å². The van der Waals surface area contributed by atoms with Gasteiger partial charge in [-0.25, -0.2) is 0 Å². The molecule has 90 valence electrons. The van der Waals surface area contributed by atoms with Gasteiger partial charge in [0.2, 0.25) is 0 Å². The summed E-state index contributed by atoms with van der Waals surface area (Å²) < 4.78 is 5.67. The van der Waals surface area contributed by atoms with Gasteiger partial charge in [-0.05, 0) is 36.8 Å². The third-order valence-electron chi connectivity index (χ3n) is 2.64. The van der Waals surface area contributed by atoms with Crippen LogP contribution in [-0.4, -0.2) is 0 Å². The summed E-state index contributed by atoms with van der Waals surface area (Å²) in [5.41, 5.74) is 7.35. The fourth-order valence-corrected chi connectivity index (χ4v) is 1.61. The second-order valence-corrected chi connectivity index (χ2v) is 4.07. The SMILES string of the molecule is C[C@H](N)c1ccc(Oc2ccccc2C#N)cc1. The predicted molar refractivity (Wildman–Crippen MR) is 70.3 cm³/mol. The zero-order chi connectivity index (χ0) is 13.0. The van der Waals surface area contributed by atoms with Gasteiger partial charge in [0.05, 0.1) is 5.56 Å². The van der Waals surface area contributed by atoms with Crippen LogP contribution in [0.2, 0.25) is 0 Å². The first-order valence-corrected chi connectivity index (χ1v) is 5.73. The highest BCUT2D eigenvalue weighted by Gasteiger charge is 2.04. The quantitative estimate of drug-likeness (QED) is 0.891. The lowest BCUT2D eigenvalue weighted by atomic mass is 10.1. The van der Waals surface area contributed by atoms with E-state index in [1.807, 2.05) is 43.3 Å². The van der Waals surface area contributed by atoms with Crippen molar-refractivity contribution in [3.05, 3.63) is 59.7 Å². The van der Waals surface area contributed by atoms with E-state index in [2.05, 4.69) is 6.07 Å². The van der Waals surface area contributed by atoms with Crippen LogP contribution in [0.15, 0.2) is 48.5 Å². The predicted octanol–water partition coefficient (Wildman–Crippen LogP) is 3.37. The molecule has 0 bridgehead atoms. The number of para-hydroxylation sites is 1. The molecule has 0 radical (unpaired) electrons. The summed E-state index contributed by atoms with van der Waals surface area (Å²) in [5, 5.41) is 8.97. The molecular formula is C15H14N2O. The molecule has 2 aromatic carbocycles. The van der Waals surface area contributed by atoms with Gasteiger partial charge >= 0.3 is 0 Å². The molecule has 0 fully saturated rings. The van der Waals surface area contributed by atoms with Crippen LogP contribution >= 0.6 is 0 Å². The van der Waals surface area contributed by atoms with Gasteiger partial charge in [-0.2, -0.15) is 5.26 Å². The zero-order valence-corrected chi connectivity index (χ0v) is 10.1. The molecule has 0 unspecified atom stereocenters. The molecule has 3 nitrogen and oxygen atoms in total. The Kier molecular flexibility index (Phi) is 3.61. The van der Waals surface area contributed by atoms with Gasteiger partial charge in [-0.3, -0.25) is 0 Å². The first kappa shape index (κ1) is 12.2. The normalized spacial score (nSPS) is 11.6. The second kappa shape index (κ2) is 5.35. The van der Waals surface area contributed by atoms with Gasteiger partial charge in [-0.1, -0.05) is 24.3 Å². The molecule has 2 N–H and O–H groups in total. The van der Waals surface area contributed by atoms with E-state index in [9.17, 15) is 0 Å². The molecule has 0 aliphatic heterocycles. The van der Waals surface area contributed by atoms with Crippen molar-refractivity contribution < 1.29 is 4.74 Å². The Hall–Kier alpha value is -2.31. The molecule has 0 spiro atoms. The van der Waals surface area contributed by atoms with Crippen LogP contribution in [0.1, 0.15) is 24.1 Å². The average Bonchev–Trinajstić information content (AvgIpc) is 2.40. The lowest BCUT2D eigenvalue weighted by Gasteiger charge is -2.09. The summed E-state index contributed by atoms with van der Waals surface area (Å²) in [5.74, 6) is 1.26. The number of ether oxygens (including phenoxy) is 1. The smallest absolute Gasteiger partial charge is 0.145 e. The minimum atomic E-state index is 0.00504. The molecule has 0 saturated carbocycles. The van der Waals surface area contributed by atoms with Crippen LogP contribution in [0.4, 0.5) is 0 Å². The van der Waals surface area contributed by atoms with E-state index in [1.165, 1.54) is 0 Å². The van der Waals surface area contributed by atoms with Gasteiger partial charge in [0.25, 0.3) is 0 Å². The van der Waals surface area contributed by atoms with Gasteiger partial charge in [-0.15, -0.1) is 0 Å². The van der Waals surface area contributed by atoms with Crippen LogP contribution in [-0.2, 0) is 0 Å². The number of hydrogen-bond donors (Lipinski definition) is 1. The number of nitriles is 1. The number of nitrogens with zero attached hydrogens (tertiary/aromatic N) is 1. The molecule has 0 amide bonds. The summed E-state index contributed by atoms with van der Waals surface area (Å²) in [6.45, 7) is 1.93. The molecule has 1 atom stereocenters. The third kappa shape index (κ3) is 2.68. The molecule has 3 heteroatoms. The molecule has 2 aromatic rings. The Morgan fingerprint density at radius 2 is 1.78 bits per heavy atom. The van der Waals surface area contributed by atoms with Gasteiger partial charge < -0.3 is 10.5 Å². The molecular weight excluding hydrogens is 224 g/mol. The number of benzene rings is 2. The van der Waals surface area contributed by atoms with Crippen molar-refractivity contribution in [2.24, 2.45) is 5.73 Å². The fourth-order valence-electron chi connectivity index (χ4n) is 1.61. The molecule has 0 aromatic heterocycles. The summed E-state index contributed by atoms with van der Waals surface area (Å²) in [7, 11) is 0. The Labute approximate surface area is 106 Å². The third-order valence-corrected chi connectivity index (χ3v) is 2.64. The van der Waals surface area contributed by atoms with Crippen LogP contribution in [0, 0.1) is 11.3 Å². The highest BCUT2D eigenvalue weighted by atomic mass is 16.5.